The van der Waals surface area contributed by atoms with Gasteiger partial charge in [0.1, 0.15) is 11.5 Å². The molecule has 1 saturated heterocycles. The van der Waals surface area contributed by atoms with Crippen LogP contribution in [0.4, 0.5) is 5.69 Å². The van der Waals surface area contributed by atoms with Crippen LogP contribution in [-0.2, 0) is 19.8 Å². The van der Waals surface area contributed by atoms with E-state index in [1.807, 2.05) is 55.5 Å². The lowest BCUT2D eigenvalue weighted by molar-refractivity contribution is -0.132. The zero-order chi connectivity index (χ0) is 23.6. The van der Waals surface area contributed by atoms with Gasteiger partial charge in [0.15, 0.2) is 0 Å². The highest BCUT2D eigenvalue weighted by Gasteiger charge is 2.69. The largest absolute Gasteiger partial charge is 0.494 e. The first-order valence-electron chi connectivity index (χ1n) is 11.8. The Hall–Kier alpha value is -3.73. The smallest absolute Gasteiger partial charge is 0.239 e. The lowest BCUT2D eigenvalue weighted by Gasteiger charge is -2.52. The molecule has 0 saturated carbocycles. The van der Waals surface area contributed by atoms with Gasteiger partial charge in [-0.2, -0.15) is 0 Å². The average Bonchev–Trinajstić information content (AvgIpc) is 3.13. The molecule has 0 spiro atoms. The molecule has 5 heteroatoms. The summed E-state index contributed by atoms with van der Waals surface area (Å²) in [4.78, 5) is 42.9. The maximum Gasteiger partial charge on any atom is 0.239 e. The van der Waals surface area contributed by atoms with Crippen molar-refractivity contribution in [2.24, 2.45) is 11.8 Å². The molecule has 0 aromatic heterocycles. The summed E-state index contributed by atoms with van der Waals surface area (Å²) in [5.41, 5.74) is 3.02. The van der Waals surface area contributed by atoms with E-state index in [1.165, 1.54) is 4.90 Å². The fourth-order valence-corrected chi connectivity index (χ4v) is 6.54. The molecule has 5 nitrogen and oxygen atoms in total. The van der Waals surface area contributed by atoms with Gasteiger partial charge in [-0.3, -0.25) is 14.4 Å². The Morgan fingerprint density at radius 2 is 1.47 bits per heavy atom. The van der Waals surface area contributed by atoms with Gasteiger partial charge >= 0.3 is 0 Å². The van der Waals surface area contributed by atoms with Crippen LogP contribution < -0.4 is 9.64 Å². The number of nitrogens with zero attached hydrogens (tertiary/aromatic N) is 1. The molecule has 4 aliphatic rings. The van der Waals surface area contributed by atoms with Gasteiger partial charge in [0.05, 0.1) is 29.5 Å². The molecule has 2 bridgehead atoms. The van der Waals surface area contributed by atoms with E-state index in [1.54, 1.807) is 31.2 Å². The molecule has 170 valence electrons. The minimum atomic E-state index is -1.17. The van der Waals surface area contributed by atoms with Crippen LogP contribution in [-0.4, -0.2) is 24.2 Å². The highest BCUT2D eigenvalue weighted by molar-refractivity contribution is 6.25. The van der Waals surface area contributed by atoms with Gasteiger partial charge in [0.2, 0.25) is 11.8 Å². The van der Waals surface area contributed by atoms with Crippen molar-refractivity contribution in [3.8, 4) is 5.75 Å². The summed E-state index contributed by atoms with van der Waals surface area (Å²) in [7, 11) is 0. The molecule has 2 amide bonds. The maximum atomic E-state index is 14.0. The third-order valence-corrected chi connectivity index (χ3v) is 7.74. The maximum absolute atomic E-state index is 14.0. The van der Waals surface area contributed by atoms with Crippen molar-refractivity contribution in [2.75, 3.05) is 11.5 Å². The van der Waals surface area contributed by atoms with Gasteiger partial charge < -0.3 is 4.74 Å². The molecule has 0 N–H and O–H groups in total. The van der Waals surface area contributed by atoms with E-state index < -0.39 is 17.3 Å². The number of imide groups is 1. The Labute approximate surface area is 198 Å². The normalized spacial score (nSPS) is 26.2. The Kier molecular flexibility index (Phi) is 4.53. The number of anilines is 1. The Bertz CT molecular complexity index is 1290. The Morgan fingerprint density at radius 1 is 0.882 bits per heavy atom. The number of hydrogen-bond donors (Lipinski definition) is 0. The Morgan fingerprint density at radius 3 is 2.03 bits per heavy atom. The number of ether oxygens (including phenoxy) is 1. The van der Waals surface area contributed by atoms with Crippen molar-refractivity contribution in [3.05, 3.63) is 95.1 Å². The zero-order valence-electron chi connectivity index (χ0n) is 19.2. The predicted octanol–water partition coefficient (Wildman–Crippen LogP) is 4.62. The van der Waals surface area contributed by atoms with E-state index in [-0.39, 0.29) is 23.5 Å². The third-order valence-electron chi connectivity index (χ3n) is 7.74. The first-order chi connectivity index (χ1) is 16.5. The lowest BCUT2D eigenvalue weighted by atomic mass is 9.46. The van der Waals surface area contributed by atoms with Crippen molar-refractivity contribution >= 4 is 23.3 Å². The third kappa shape index (κ3) is 2.47. The predicted molar refractivity (Wildman–Crippen MR) is 128 cm³/mol. The van der Waals surface area contributed by atoms with E-state index in [9.17, 15) is 14.4 Å². The highest BCUT2D eigenvalue weighted by atomic mass is 16.5. The SMILES string of the molecule is CCCOc1ccc(N2C(=O)[C@@H]3[C@@H](C2=O)C2c4ccccc4C3(C(C)=O)c3ccccc32)cc1. The standard InChI is InChI=1S/C29H25NO4/c1-3-16-34-19-14-12-18(13-15-19)30-27(32)25-24-20-8-4-6-10-22(20)29(17(2)31,26(25)28(30)33)23-11-7-5-9-21(23)24/h4-15,24-26H,3,16H2,1-2H3/t24?,25-,26-,29?/m0/s1. The molecule has 3 aliphatic carbocycles. The minimum absolute atomic E-state index is 0.105. The molecule has 2 atom stereocenters. The quantitative estimate of drug-likeness (QED) is 0.531. The molecule has 0 radical (unpaired) electrons. The van der Waals surface area contributed by atoms with Gasteiger partial charge in [0, 0.05) is 5.92 Å². The lowest BCUT2D eigenvalue weighted by Crippen LogP contribution is -2.57. The van der Waals surface area contributed by atoms with Gasteiger partial charge in [0.25, 0.3) is 0 Å². The van der Waals surface area contributed by atoms with E-state index in [0.29, 0.717) is 18.0 Å². The molecule has 1 heterocycles. The molecular formula is C29H25NO4. The summed E-state index contributed by atoms with van der Waals surface area (Å²) < 4.78 is 5.66. The molecule has 7 rings (SSSR count). The number of rotatable bonds is 5. The fraction of sp³-hybridized carbons (Fsp3) is 0.276. The molecular weight excluding hydrogens is 426 g/mol. The number of benzene rings is 3. The summed E-state index contributed by atoms with van der Waals surface area (Å²) >= 11 is 0. The van der Waals surface area contributed by atoms with Crippen LogP contribution in [0.3, 0.4) is 0 Å². The monoisotopic (exact) mass is 451 g/mol. The highest BCUT2D eigenvalue weighted by Crippen LogP contribution is 2.64. The summed E-state index contributed by atoms with van der Waals surface area (Å²) in [6.07, 6.45) is 0.893. The van der Waals surface area contributed by atoms with Crippen LogP contribution in [0, 0.1) is 11.8 Å². The summed E-state index contributed by atoms with van der Waals surface area (Å²) in [6, 6.07) is 22.7. The number of amides is 2. The molecule has 3 aromatic rings. The number of Topliss-reactive ketones (excluding diaryl/α,β-unsaturated/α-hetero) is 1. The summed E-state index contributed by atoms with van der Waals surface area (Å²) in [5, 5.41) is 0. The molecule has 34 heavy (non-hydrogen) atoms. The Balaban J connectivity index is 1.54. The summed E-state index contributed by atoms with van der Waals surface area (Å²) in [6.45, 7) is 4.19. The van der Waals surface area contributed by atoms with Crippen molar-refractivity contribution in [3.63, 3.8) is 0 Å². The zero-order valence-corrected chi connectivity index (χ0v) is 19.2. The van der Waals surface area contributed by atoms with Gasteiger partial charge in [-0.05, 0) is 59.9 Å². The number of ketones is 1. The van der Waals surface area contributed by atoms with Crippen LogP contribution in [0.1, 0.15) is 48.4 Å². The van der Waals surface area contributed by atoms with E-state index >= 15 is 0 Å². The van der Waals surface area contributed by atoms with Gasteiger partial charge in [-0.1, -0.05) is 55.5 Å². The van der Waals surface area contributed by atoms with Crippen LogP contribution in [0.25, 0.3) is 0 Å². The molecule has 1 fully saturated rings. The minimum Gasteiger partial charge on any atom is -0.494 e. The number of hydrogen-bond acceptors (Lipinski definition) is 4. The number of carbonyl (C=O) groups excluding carboxylic acids is 3. The van der Waals surface area contributed by atoms with Crippen LogP contribution >= 0.6 is 0 Å². The number of carbonyl (C=O) groups is 3. The van der Waals surface area contributed by atoms with Crippen molar-refractivity contribution in [1.82, 2.24) is 0 Å². The van der Waals surface area contributed by atoms with Crippen LogP contribution in [0.2, 0.25) is 0 Å². The van der Waals surface area contributed by atoms with Gasteiger partial charge in [-0.25, -0.2) is 4.90 Å². The first-order valence-corrected chi connectivity index (χ1v) is 11.8. The van der Waals surface area contributed by atoms with E-state index in [2.05, 4.69) is 0 Å². The fourth-order valence-electron chi connectivity index (χ4n) is 6.54. The molecule has 1 aliphatic heterocycles. The molecule has 0 unspecified atom stereocenters. The van der Waals surface area contributed by atoms with Crippen molar-refractivity contribution < 1.29 is 19.1 Å². The second-order valence-corrected chi connectivity index (χ2v) is 9.37. The van der Waals surface area contributed by atoms with Crippen molar-refractivity contribution in [2.45, 2.75) is 31.6 Å². The van der Waals surface area contributed by atoms with Crippen molar-refractivity contribution in [1.29, 1.82) is 0 Å². The van der Waals surface area contributed by atoms with Gasteiger partial charge in [-0.15, -0.1) is 0 Å². The van der Waals surface area contributed by atoms with E-state index in [0.717, 1.165) is 28.7 Å². The first kappa shape index (κ1) is 20.8. The topological polar surface area (TPSA) is 63.7 Å². The van der Waals surface area contributed by atoms with Crippen LogP contribution in [0.5, 0.6) is 5.75 Å². The molecule has 3 aromatic carbocycles. The summed E-state index contributed by atoms with van der Waals surface area (Å²) in [5.74, 6) is -1.58. The van der Waals surface area contributed by atoms with Crippen LogP contribution in [0.15, 0.2) is 72.8 Å². The average molecular weight is 452 g/mol. The van der Waals surface area contributed by atoms with E-state index in [4.69, 9.17) is 4.74 Å². The second kappa shape index (κ2) is 7.39. The second-order valence-electron chi connectivity index (χ2n) is 9.37.